The van der Waals surface area contributed by atoms with Gasteiger partial charge in [0.1, 0.15) is 0 Å². The maximum atomic E-state index is 6.12. The van der Waals surface area contributed by atoms with Gasteiger partial charge < -0.3 is 10.6 Å². The first-order valence-corrected chi connectivity index (χ1v) is 7.24. The zero-order chi connectivity index (χ0) is 12.0. The highest BCUT2D eigenvalue weighted by Gasteiger charge is 2.40. The first-order chi connectivity index (χ1) is 8.15. The minimum absolute atomic E-state index is 0.410. The largest absolute Gasteiger partial charge is 0.365 e. The molecule has 3 rings (SSSR count). The van der Waals surface area contributed by atoms with E-state index in [1.165, 1.54) is 28.6 Å². The van der Waals surface area contributed by atoms with Crippen molar-refractivity contribution in [1.29, 1.82) is 0 Å². The number of nitrogens with two attached hydrogens (primary N) is 1. The van der Waals surface area contributed by atoms with Gasteiger partial charge in [0, 0.05) is 22.6 Å². The number of nitrogens with zero attached hydrogens (tertiary/aromatic N) is 1. The molecule has 17 heavy (non-hydrogen) atoms. The maximum absolute atomic E-state index is 6.12. The summed E-state index contributed by atoms with van der Waals surface area (Å²) in [6.45, 7) is 2.13. The van der Waals surface area contributed by atoms with Crippen LogP contribution in [0.5, 0.6) is 0 Å². The van der Waals surface area contributed by atoms with E-state index in [0.29, 0.717) is 18.1 Å². The van der Waals surface area contributed by atoms with Crippen molar-refractivity contribution in [2.75, 3.05) is 4.90 Å². The fraction of sp³-hybridized carbons (Fsp3) is 0.571. The van der Waals surface area contributed by atoms with Crippen molar-refractivity contribution in [3.63, 3.8) is 0 Å². The van der Waals surface area contributed by atoms with E-state index in [0.717, 1.165) is 12.8 Å². The third-order valence-electron chi connectivity index (χ3n) is 4.15. The molecule has 1 aromatic carbocycles. The number of hydrogen-bond acceptors (Lipinski definition) is 2. The van der Waals surface area contributed by atoms with E-state index in [-0.39, 0.29) is 0 Å². The van der Waals surface area contributed by atoms with Gasteiger partial charge in [-0.2, -0.15) is 0 Å². The summed E-state index contributed by atoms with van der Waals surface area (Å²) < 4.78 is 1.23. The molecular weight excluding hydrogens is 276 g/mol. The standard InChI is InChI=1S/C14H19BrN2/c1-9-2-5-14(13(15)6-9)17-11-3-4-12(17)8-10(16)7-11/h2,5-6,10-12H,3-4,7-8,16H2,1H3. The molecule has 0 spiro atoms. The number of fused-ring (bicyclic) bond motifs is 2. The molecule has 2 N–H and O–H groups in total. The second-order valence-electron chi connectivity index (χ2n) is 5.48. The Morgan fingerprint density at radius 3 is 2.47 bits per heavy atom. The molecule has 92 valence electrons. The van der Waals surface area contributed by atoms with Gasteiger partial charge in [0.2, 0.25) is 0 Å². The molecule has 2 aliphatic heterocycles. The van der Waals surface area contributed by atoms with Crippen LogP contribution < -0.4 is 10.6 Å². The van der Waals surface area contributed by atoms with Crippen LogP contribution in [0.15, 0.2) is 22.7 Å². The van der Waals surface area contributed by atoms with E-state index in [9.17, 15) is 0 Å². The predicted molar refractivity (Wildman–Crippen MR) is 75.4 cm³/mol. The summed E-state index contributed by atoms with van der Waals surface area (Å²) in [6, 6.07) is 8.39. The molecule has 2 fully saturated rings. The Hall–Kier alpha value is -0.540. The average Bonchev–Trinajstić information content (AvgIpc) is 2.53. The molecule has 2 nitrogen and oxygen atoms in total. The fourth-order valence-corrected chi connectivity index (χ4v) is 4.13. The van der Waals surface area contributed by atoms with Crippen molar-refractivity contribution in [2.45, 2.75) is 50.7 Å². The van der Waals surface area contributed by atoms with E-state index in [1.807, 2.05) is 0 Å². The van der Waals surface area contributed by atoms with Crippen LogP contribution in [0.25, 0.3) is 0 Å². The lowest BCUT2D eigenvalue weighted by Crippen LogP contribution is -2.47. The van der Waals surface area contributed by atoms with E-state index in [1.54, 1.807) is 0 Å². The van der Waals surface area contributed by atoms with Crippen molar-refractivity contribution in [1.82, 2.24) is 0 Å². The van der Waals surface area contributed by atoms with Gasteiger partial charge in [0.05, 0.1) is 5.69 Å². The van der Waals surface area contributed by atoms with E-state index < -0.39 is 0 Å². The van der Waals surface area contributed by atoms with Gasteiger partial charge in [-0.25, -0.2) is 0 Å². The number of halogens is 1. The highest BCUT2D eigenvalue weighted by Crippen LogP contribution is 2.41. The predicted octanol–water partition coefficient (Wildman–Crippen LogP) is 3.22. The number of piperidine rings is 1. The van der Waals surface area contributed by atoms with Gasteiger partial charge in [0.25, 0.3) is 0 Å². The molecule has 2 unspecified atom stereocenters. The van der Waals surface area contributed by atoms with Crippen LogP contribution >= 0.6 is 15.9 Å². The highest BCUT2D eigenvalue weighted by molar-refractivity contribution is 9.10. The summed E-state index contributed by atoms with van der Waals surface area (Å²) in [7, 11) is 0. The second-order valence-corrected chi connectivity index (χ2v) is 6.33. The lowest BCUT2D eigenvalue weighted by Gasteiger charge is -2.40. The minimum Gasteiger partial charge on any atom is -0.365 e. The fourth-order valence-electron chi connectivity index (χ4n) is 3.43. The Kier molecular flexibility index (Phi) is 2.91. The Morgan fingerprint density at radius 2 is 1.88 bits per heavy atom. The minimum atomic E-state index is 0.410. The summed E-state index contributed by atoms with van der Waals surface area (Å²) in [5.41, 5.74) is 8.78. The van der Waals surface area contributed by atoms with Crippen LogP contribution in [-0.4, -0.2) is 18.1 Å². The summed E-state index contributed by atoms with van der Waals surface area (Å²) >= 11 is 3.71. The molecule has 2 aliphatic rings. The topological polar surface area (TPSA) is 29.3 Å². The molecule has 2 saturated heterocycles. The quantitative estimate of drug-likeness (QED) is 0.862. The lowest BCUT2D eigenvalue weighted by molar-refractivity contribution is 0.414. The SMILES string of the molecule is Cc1ccc(N2C3CCC2CC(N)C3)c(Br)c1. The zero-order valence-corrected chi connectivity index (χ0v) is 11.8. The molecule has 2 bridgehead atoms. The molecule has 0 aromatic heterocycles. The molecule has 2 heterocycles. The molecule has 2 atom stereocenters. The third kappa shape index (κ3) is 2.00. The van der Waals surface area contributed by atoms with Crippen LogP contribution in [0.2, 0.25) is 0 Å². The first-order valence-electron chi connectivity index (χ1n) is 6.45. The Balaban J connectivity index is 1.94. The first kappa shape index (κ1) is 11.5. The van der Waals surface area contributed by atoms with Crippen LogP contribution in [0, 0.1) is 6.92 Å². The van der Waals surface area contributed by atoms with Crippen LogP contribution in [0.4, 0.5) is 5.69 Å². The number of rotatable bonds is 1. The zero-order valence-electron chi connectivity index (χ0n) is 10.2. The van der Waals surface area contributed by atoms with E-state index in [4.69, 9.17) is 5.73 Å². The van der Waals surface area contributed by atoms with Crippen LogP contribution in [0.1, 0.15) is 31.2 Å². The Bertz CT molecular complexity index is 418. The molecule has 0 radical (unpaired) electrons. The molecule has 1 aromatic rings. The summed E-state index contributed by atoms with van der Waals surface area (Å²) in [5.74, 6) is 0. The summed E-state index contributed by atoms with van der Waals surface area (Å²) in [6.07, 6.45) is 4.91. The Morgan fingerprint density at radius 1 is 1.24 bits per heavy atom. The smallest absolute Gasteiger partial charge is 0.0515 e. The normalized spacial score (nSPS) is 31.9. The van der Waals surface area contributed by atoms with Crippen molar-refractivity contribution in [3.8, 4) is 0 Å². The lowest BCUT2D eigenvalue weighted by atomic mass is 9.97. The summed E-state index contributed by atoms with van der Waals surface area (Å²) in [4.78, 5) is 2.60. The van der Waals surface area contributed by atoms with Gasteiger partial charge in [-0.15, -0.1) is 0 Å². The van der Waals surface area contributed by atoms with Crippen molar-refractivity contribution >= 4 is 21.6 Å². The molecule has 0 aliphatic carbocycles. The highest BCUT2D eigenvalue weighted by atomic mass is 79.9. The number of hydrogen-bond donors (Lipinski definition) is 1. The van der Waals surface area contributed by atoms with E-state index >= 15 is 0 Å². The van der Waals surface area contributed by atoms with Gasteiger partial charge in [-0.3, -0.25) is 0 Å². The van der Waals surface area contributed by atoms with Crippen LogP contribution in [0.3, 0.4) is 0 Å². The van der Waals surface area contributed by atoms with E-state index in [2.05, 4.69) is 46.0 Å². The van der Waals surface area contributed by atoms with Gasteiger partial charge in [0.15, 0.2) is 0 Å². The van der Waals surface area contributed by atoms with Crippen molar-refractivity contribution in [2.24, 2.45) is 5.73 Å². The molecule has 3 heteroatoms. The number of anilines is 1. The number of benzene rings is 1. The van der Waals surface area contributed by atoms with Crippen LogP contribution in [-0.2, 0) is 0 Å². The number of aryl methyl sites for hydroxylation is 1. The molecular formula is C14H19BrN2. The summed E-state index contributed by atoms with van der Waals surface area (Å²) in [5, 5.41) is 0. The monoisotopic (exact) mass is 294 g/mol. The van der Waals surface area contributed by atoms with Gasteiger partial charge in [-0.05, 0) is 66.2 Å². The second kappa shape index (κ2) is 4.29. The molecule has 0 saturated carbocycles. The maximum Gasteiger partial charge on any atom is 0.0515 e. The van der Waals surface area contributed by atoms with Crippen molar-refractivity contribution < 1.29 is 0 Å². The third-order valence-corrected chi connectivity index (χ3v) is 4.79. The van der Waals surface area contributed by atoms with Gasteiger partial charge >= 0.3 is 0 Å². The molecule has 0 amide bonds. The average molecular weight is 295 g/mol. The van der Waals surface area contributed by atoms with Crippen molar-refractivity contribution in [3.05, 3.63) is 28.2 Å². The Labute approximate surface area is 111 Å². The van der Waals surface area contributed by atoms with Gasteiger partial charge in [-0.1, -0.05) is 6.07 Å².